The van der Waals surface area contributed by atoms with Crippen molar-refractivity contribution < 1.29 is 10.9 Å². The van der Waals surface area contributed by atoms with Crippen molar-refractivity contribution in [1.29, 1.82) is 0 Å². The molecule has 48 valence electrons. The Kier molecular flexibility index (Phi) is 1.43. The third-order valence-corrected chi connectivity index (χ3v) is 1.04. The Morgan fingerprint density at radius 3 is 2.67 bits per heavy atom. The molecule has 0 amide bonds. The van der Waals surface area contributed by atoms with Gasteiger partial charge in [-0.25, -0.2) is 4.39 Å². The van der Waals surface area contributed by atoms with Crippen LogP contribution in [0.3, 0.4) is 0 Å². The molecule has 1 aromatic rings. The van der Waals surface area contributed by atoms with Gasteiger partial charge in [-0.15, -0.1) is 0 Å². The fourth-order valence-electron chi connectivity index (χ4n) is 0.580. The zero-order valence-corrected chi connectivity index (χ0v) is 4.71. The summed E-state index contributed by atoms with van der Waals surface area (Å²) >= 11 is 0. The molecular weight excluding hydrogens is 119 g/mol. The summed E-state index contributed by atoms with van der Waals surface area (Å²) in [5.74, 6) is -0.537. The quantitative estimate of drug-likeness (QED) is 0.603. The lowest BCUT2D eigenvalue weighted by atomic mass is 10.2. The highest BCUT2D eigenvalue weighted by Crippen LogP contribution is 2.04. The molecule has 1 N–H and O–H groups in total. The Balaban J connectivity index is 3.03. The van der Waals surface area contributed by atoms with E-state index in [0.29, 0.717) is 0 Å². The van der Waals surface area contributed by atoms with Gasteiger partial charge >= 0.3 is 0 Å². The molecule has 1 nitrogen and oxygen atoms in total. The molecule has 0 aromatic heterocycles. The summed E-state index contributed by atoms with van der Waals surface area (Å²) in [6.07, 6.45) is 0. The standard InChI is InChI=1S/C7H7FO/c8-7-4-2-1-3-6(7)5-9/h1-4,9H,5H2/i5D. The van der Waals surface area contributed by atoms with Crippen LogP contribution in [-0.4, -0.2) is 5.11 Å². The zero-order valence-electron chi connectivity index (χ0n) is 5.71. The number of rotatable bonds is 1. The molecule has 0 heterocycles. The van der Waals surface area contributed by atoms with Crippen molar-refractivity contribution in [3.8, 4) is 0 Å². The molecule has 0 radical (unpaired) electrons. The zero-order chi connectivity index (χ0) is 7.56. The predicted molar refractivity (Wildman–Crippen MR) is 32.3 cm³/mol. The van der Waals surface area contributed by atoms with Crippen LogP contribution < -0.4 is 0 Å². The minimum absolute atomic E-state index is 0.0162. The van der Waals surface area contributed by atoms with Gasteiger partial charge in [0.2, 0.25) is 0 Å². The fourth-order valence-corrected chi connectivity index (χ4v) is 0.580. The van der Waals surface area contributed by atoms with E-state index in [2.05, 4.69) is 0 Å². The maximum Gasteiger partial charge on any atom is 0.128 e. The van der Waals surface area contributed by atoms with E-state index < -0.39 is 12.4 Å². The molecule has 0 bridgehead atoms. The highest BCUT2D eigenvalue weighted by Gasteiger charge is 1.94. The van der Waals surface area contributed by atoms with Gasteiger partial charge in [0.05, 0.1) is 7.95 Å². The molecule has 0 saturated carbocycles. The van der Waals surface area contributed by atoms with E-state index in [9.17, 15) is 4.39 Å². The van der Waals surface area contributed by atoms with Gasteiger partial charge in [-0.1, -0.05) is 18.2 Å². The SMILES string of the molecule is [2H]C(O)c1ccccc1F. The van der Waals surface area contributed by atoms with Crippen LogP contribution in [0.25, 0.3) is 0 Å². The van der Waals surface area contributed by atoms with Gasteiger partial charge in [0.25, 0.3) is 0 Å². The first kappa shape index (κ1) is 4.94. The van der Waals surface area contributed by atoms with Crippen LogP contribution in [0.2, 0.25) is 0 Å². The average Bonchev–Trinajstić information content (AvgIpc) is 1.88. The van der Waals surface area contributed by atoms with E-state index in [1.807, 2.05) is 0 Å². The minimum atomic E-state index is -1.47. The molecule has 1 unspecified atom stereocenters. The first-order valence-electron chi connectivity index (χ1n) is 3.14. The summed E-state index contributed by atoms with van der Waals surface area (Å²) in [6, 6.07) is 5.69. The third-order valence-electron chi connectivity index (χ3n) is 1.04. The van der Waals surface area contributed by atoms with Gasteiger partial charge in [0, 0.05) is 5.56 Å². The van der Waals surface area contributed by atoms with Crippen LogP contribution in [0.5, 0.6) is 0 Å². The topological polar surface area (TPSA) is 20.2 Å². The Hall–Kier alpha value is -0.890. The molecule has 0 spiro atoms. The van der Waals surface area contributed by atoms with Crippen LogP contribution in [0.4, 0.5) is 4.39 Å². The van der Waals surface area contributed by atoms with Crippen molar-refractivity contribution in [2.45, 2.75) is 6.58 Å². The summed E-state index contributed by atoms with van der Waals surface area (Å²) < 4.78 is 19.3. The molecule has 1 rings (SSSR count). The summed E-state index contributed by atoms with van der Waals surface area (Å²) in [6.45, 7) is -1.47. The lowest BCUT2D eigenvalue weighted by Gasteiger charge is -1.94. The predicted octanol–water partition coefficient (Wildman–Crippen LogP) is 1.32. The lowest BCUT2D eigenvalue weighted by molar-refractivity contribution is 0.276. The molecule has 1 aromatic carbocycles. The van der Waals surface area contributed by atoms with E-state index in [4.69, 9.17) is 6.48 Å². The number of hydrogen-bond donors (Lipinski definition) is 1. The fraction of sp³-hybridized carbons (Fsp3) is 0.143. The van der Waals surface area contributed by atoms with Gasteiger partial charge in [-0.3, -0.25) is 0 Å². The molecule has 2 heteroatoms. The Bertz CT molecular complexity index is 225. The van der Waals surface area contributed by atoms with Gasteiger partial charge in [-0.2, -0.15) is 0 Å². The number of aliphatic hydroxyl groups is 1. The van der Waals surface area contributed by atoms with E-state index in [1.54, 1.807) is 6.07 Å². The first-order valence-corrected chi connectivity index (χ1v) is 2.56. The van der Waals surface area contributed by atoms with E-state index in [-0.39, 0.29) is 5.56 Å². The summed E-state index contributed by atoms with van der Waals surface area (Å²) in [5.41, 5.74) is 0.0162. The molecule has 0 aliphatic heterocycles. The number of benzene rings is 1. The van der Waals surface area contributed by atoms with Crippen LogP contribution >= 0.6 is 0 Å². The van der Waals surface area contributed by atoms with Crippen molar-refractivity contribution in [2.75, 3.05) is 0 Å². The molecule has 0 saturated heterocycles. The number of aliphatic hydroxyl groups excluding tert-OH is 1. The normalized spacial score (nSPS) is 14.7. The first-order chi connectivity index (χ1) is 4.72. The van der Waals surface area contributed by atoms with Crippen LogP contribution in [-0.2, 0) is 6.58 Å². The molecule has 9 heavy (non-hydrogen) atoms. The second-order valence-corrected chi connectivity index (χ2v) is 1.65. The highest BCUT2D eigenvalue weighted by atomic mass is 19.1. The van der Waals surface area contributed by atoms with E-state index in [1.165, 1.54) is 18.2 Å². The van der Waals surface area contributed by atoms with Crippen molar-refractivity contribution in [2.24, 2.45) is 0 Å². The average molecular weight is 127 g/mol. The van der Waals surface area contributed by atoms with E-state index >= 15 is 0 Å². The third kappa shape index (κ3) is 1.27. The summed E-state index contributed by atoms with van der Waals surface area (Å²) in [7, 11) is 0. The second kappa shape index (κ2) is 2.60. The summed E-state index contributed by atoms with van der Waals surface area (Å²) in [5, 5.41) is 8.63. The number of halogens is 1. The molecule has 1 atom stereocenters. The Labute approximate surface area is 54.2 Å². The van der Waals surface area contributed by atoms with Crippen molar-refractivity contribution in [1.82, 2.24) is 0 Å². The second-order valence-electron chi connectivity index (χ2n) is 1.65. The minimum Gasteiger partial charge on any atom is -0.392 e. The van der Waals surface area contributed by atoms with Crippen LogP contribution in [0, 0.1) is 5.82 Å². The van der Waals surface area contributed by atoms with Gasteiger partial charge in [0.1, 0.15) is 5.82 Å². The van der Waals surface area contributed by atoms with Crippen LogP contribution in [0.15, 0.2) is 24.3 Å². The van der Waals surface area contributed by atoms with Gasteiger partial charge in [0.15, 0.2) is 0 Å². The molecule has 0 aliphatic rings. The Morgan fingerprint density at radius 2 is 2.22 bits per heavy atom. The molecular formula is C7H7FO. The Morgan fingerprint density at radius 1 is 1.56 bits per heavy atom. The van der Waals surface area contributed by atoms with Crippen molar-refractivity contribution >= 4 is 0 Å². The highest BCUT2D eigenvalue weighted by molar-refractivity contribution is 5.15. The smallest absolute Gasteiger partial charge is 0.128 e. The molecule has 0 aliphatic carbocycles. The maximum absolute atomic E-state index is 12.6. The maximum atomic E-state index is 12.6. The van der Waals surface area contributed by atoms with Crippen molar-refractivity contribution in [3.05, 3.63) is 35.6 Å². The van der Waals surface area contributed by atoms with Gasteiger partial charge < -0.3 is 5.11 Å². The molecule has 0 fully saturated rings. The summed E-state index contributed by atoms with van der Waals surface area (Å²) in [4.78, 5) is 0. The number of hydrogen-bond acceptors (Lipinski definition) is 1. The lowest BCUT2D eigenvalue weighted by Crippen LogP contribution is -1.86. The largest absolute Gasteiger partial charge is 0.392 e. The monoisotopic (exact) mass is 127 g/mol. The van der Waals surface area contributed by atoms with Crippen LogP contribution in [0.1, 0.15) is 6.93 Å². The van der Waals surface area contributed by atoms with E-state index in [0.717, 1.165) is 0 Å². The van der Waals surface area contributed by atoms with Gasteiger partial charge in [-0.05, 0) is 6.07 Å². The van der Waals surface area contributed by atoms with Crippen molar-refractivity contribution in [3.63, 3.8) is 0 Å².